The van der Waals surface area contributed by atoms with Gasteiger partial charge in [-0.1, -0.05) is 60.7 Å². The minimum Gasteiger partial charge on any atom is -0.402 e. The normalized spacial score (nSPS) is 12.9. The van der Waals surface area contributed by atoms with Gasteiger partial charge in [0.15, 0.2) is 0 Å². The van der Waals surface area contributed by atoms with Gasteiger partial charge in [0, 0.05) is 13.7 Å². The van der Waals surface area contributed by atoms with E-state index >= 15 is 0 Å². The van der Waals surface area contributed by atoms with Crippen LogP contribution in [0.3, 0.4) is 0 Å². The summed E-state index contributed by atoms with van der Waals surface area (Å²) in [5.74, 6) is 0. The highest BCUT2D eigenvalue weighted by atomic mass is 32.2. The Kier molecular flexibility index (Phi) is 7.97. The van der Waals surface area contributed by atoms with E-state index in [1.54, 1.807) is 14.0 Å². The van der Waals surface area contributed by atoms with Crippen LogP contribution < -0.4 is 10.4 Å². The van der Waals surface area contributed by atoms with Crippen LogP contribution in [0.2, 0.25) is 0 Å². The number of benzene rings is 2. The molecule has 0 heterocycles. The summed E-state index contributed by atoms with van der Waals surface area (Å²) >= 11 is 0. The Morgan fingerprint density at radius 2 is 1.43 bits per heavy atom. The van der Waals surface area contributed by atoms with Crippen LogP contribution in [-0.2, 0) is 23.5 Å². The molecule has 0 spiro atoms. The fraction of sp³-hybridized carbons (Fsp3) is 0.429. The quantitative estimate of drug-likeness (QED) is 0.411. The minimum atomic E-state index is -3.77. The summed E-state index contributed by atoms with van der Waals surface area (Å²) in [6.45, 7) is 6.26. The molecular formula is C21H30O5SSi. The van der Waals surface area contributed by atoms with Crippen molar-refractivity contribution >= 4 is 28.8 Å². The molecule has 2 aromatic rings. The molecule has 0 aliphatic heterocycles. The van der Waals surface area contributed by atoms with Gasteiger partial charge in [-0.15, -0.1) is 0 Å². The fourth-order valence-corrected chi connectivity index (χ4v) is 10.6. The predicted molar refractivity (Wildman–Crippen MR) is 115 cm³/mol. The molecule has 0 unspecified atom stereocenters. The monoisotopic (exact) mass is 422 g/mol. The van der Waals surface area contributed by atoms with Crippen LogP contribution in [0.15, 0.2) is 60.7 Å². The largest absolute Gasteiger partial charge is 0.402 e. The van der Waals surface area contributed by atoms with Gasteiger partial charge in [0.25, 0.3) is 18.4 Å². The van der Waals surface area contributed by atoms with E-state index in [9.17, 15) is 8.42 Å². The smallest absolute Gasteiger partial charge is 0.273 e. The Balaban J connectivity index is 2.65. The lowest BCUT2D eigenvalue weighted by Crippen LogP contribution is -2.68. The van der Waals surface area contributed by atoms with Crippen LogP contribution in [0.25, 0.3) is 0 Å². The van der Waals surface area contributed by atoms with Crippen molar-refractivity contribution in [2.24, 2.45) is 0 Å². The third-order valence-electron chi connectivity index (χ3n) is 4.52. The first-order chi connectivity index (χ1) is 13.2. The van der Waals surface area contributed by atoms with E-state index in [1.165, 1.54) is 0 Å². The molecular weight excluding hydrogens is 392 g/mol. The highest BCUT2D eigenvalue weighted by Crippen LogP contribution is 2.23. The second kappa shape index (κ2) is 9.80. The number of methoxy groups -OCH3 is 1. The van der Waals surface area contributed by atoms with Gasteiger partial charge in [0.2, 0.25) is 0 Å². The molecule has 154 valence electrons. The lowest BCUT2D eigenvalue weighted by molar-refractivity contribution is 0.0595. The Morgan fingerprint density at radius 3 is 1.86 bits per heavy atom. The van der Waals surface area contributed by atoms with Gasteiger partial charge in [-0.25, -0.2) is 0 Å². The number of hydrogen-bond acceptors (Lipinski definition) is 5. The zero-order chi connectivity index (χ0) is 20.7. The average Bonchev–Trinajstić information content (AvgIpc) is 2.67. The summed E-state index contributed by atoms with van der Waals surface area (Å²) < 4.78 is 42.7. The lowest BCUT2D eigenvalue weighted by atomic mass is 10.1. The molecule has 0 saturated carbocycles. The van der Waals surface area contributed by atoms with E-state index in [-0.39, 0.29) is 12.0 Å². The Labute approximate surface area is 169 Å². The van der Waals surface area contributed by atoms with E-state index in [0.717, 1.165) is 10.4 Å². The van der Waals surface area contributed by atoms with Crippen LogP contribution in [0.5, 0.6) is 0 Å². The minimum absolute atomic E-state index is 0.101. The maximum absolute atomic E-state index is 12.8. The highest BCUT2D eigenvalue weighted by molar-refractivity contribution is 7.88. The molecule has 0 bridgehead atoms. The summed E-state index contributed by atoms with van der Waals surface area (Å²) in [7, 11) is -5.30. The maximum atomic E-state index is 12.8. The number of hydrogen-bond donors (Lipinski definition) is 0. The third kappa shape index (κ3) is 5.99. The molecule has 0 radical (unpaired) electrons. The van der Waals surface area contributed by atoms with Crippen LogP contribution in [0.4, 0.5) is 0 Å². The molecule has 5 nitrogen and oxygen atoms in total. The molecule has 28 heavy (non-hydrogen) atoms. The molecule has 0 aliphatic rings. The van der Waals surface area contributed by atoms with Gasteiger partial charge in [0.05, 0.1) is 12.2 Å². The van der Waals surface area contributed by atoms with Gasteiger partial charge in [0.1, 0.15) is 5.38 Å². The summed E-state index contributed by atoms with van der Waals surface area (Å²) in [5.41, 5.74) is -0.574. The van der Waals surface area contributed by atoms with Crippen LogP contribution in [0.1, 0.15) is 27.2 Å². The van der Waals surface area contributed by atoms with Crippen molar-refractivity contribution in [3.63, 3.8) is 0 Å². The van der Waals surface area contributed by atoms with Crippen molar-refractivity contribution in [2.75, 3.05) is 25.7 Å². The predicted octanol–water partition coefficient (Wildman–Crippen LogP) is 2.48. The molecule has 0 saturated heterocycles. The van der Waals surface area contributed by atoms with Gasteiger partial charge >= 0.3 is 0 Å². The molecule has 7 heteroatoms. The van der Waals surface area contributed by atoms with Crippen molar-refractivity contribution in [2.45, 2.75) is 32.8 Å². The summed E-state index contributed by atoms with van der Waals surface area (Å²) in [4.78, 5) is 0. The molecule has 2 aromatic carbocycles. The van der Waals surface area contributed by atoms with Crippen molar-refractivity contribution in [1.29, 1.82) is 0 Å². The molecule has 0 aromatic heterocycles. The highest BCUT2D eigenvalue weighted by Gasteiger charge is 2.47. The molecule has 0 N–H and O–H groups in total. The first kappa shape index (κ1) is 22.8. The van der Waals surface area contributed by atoms with Crippen molar-refractivity contribution in [1.82, 2.24) is 0 Å². The standard InChI is InChI=1S/C21H30O5SSi/c1-5-25-27(22,23)18-28(19-12-8-6-9-13-19,20-14-10-7-11-15-20)26-21(2,3)16-17-24-4/h6-15H,5,16-18H2,1-4H3. The molecule has 0 amide bonds. The molecule has 2 rings (SSSR count). The second-order valence-corrected chi connectivity index (χ2v) is 12.8. The molecule has 0 fully saturated rings. The van der Waals surface area contributed by atoms with E-state index < -0.39 is 24.0 Å². The average molecular weight is 423 g/mol. The SMILES string of the molecule is CCOS(=O)(=O)C[Si](OC(C)(C)CCOC)(c1ccccc1)c1ccccc1. The van der Waals surface area contributed by atoms with Crippen molar-refractivity contribution in [3.05, 3.63) is 60.7 Å². The van der Waals surface area contributed by atoms with E-state index in [0.29, 0.717) is 13.0 Å². The Bertz CT molecular complexity index is 783. The number of rotatable bonds is 11. The fourth-order valence-electron chi connectivity index (χ4n) is 3.24. The van der Waals surface area contributed by atoms with Gasteiger partial charge < -0.3 is 9.16 Å². The van der Waals surface area contributed by atoms with Crippen molar-refractivity contribution in [3.8, 4) is 0 Å². The van der Waals surface area contributed by atoms with Gasteiger partial charge in [-0.05, 0) is 37.6 Å². The first-order valence-electron chi connectivity index (χ1n) is 9.42. The van der Waals surface area contributed by atoms with E-state index in [4.69, 9.17) is 13.3 Å². The molecule has 0 aliphatic carbocycles. The van der Waals surface area contributed by atoms with Gasteiger partial charge in [-0.2, -0.15) is 8.42 Å². The van der Waals surface area contributed by atoms with Crippen LogP contribution in [0, 0.1) is 0 Å². The zero-order valence-corrected chi connectivity index (χ0v) is 18.9. The molecule has 0 atom stereocenters. The second-order valence-electron chi connectivity index (χ2n) is 7.27. The maximum Gasteiger partial charge on any atom is 0.273 e. The van der Waals surface area contributed by atoms with E-state index in [1.807, 2.05) is 74.5 Å². The zero-order valence-electron chi connectivity index (χ0n) is 17.1. The van der Waals surface area contributed by atoms with E-state index in [2.05, 4.69) is 0 Å². The summed E-state index contributed by atoms with van der Waals surface area (Å²) in [5, 5.41) is 1.61. The summed E-state index contributed by atoms with van der Waals surface area (Å²) in [6, 6.07) is 19.3. The third-order valence-corrected chi connectivity index (χ3v) is 11.6. The Morgan fingerprint density at radius 1 is 0.929 bits per heavy atom. The topological polar surface area (TPSA) is 61.8 Å². The van der Waals surface area contributed by atoms with Crippen LogP contribution >= 0.6 is 0 Å². The Hall–Kier alpha value is -1.51. The van der Waals surface area contributed by atoms with Crippen molar-refractivity contribution < 1.29 is 21.8 Å². The number of ether oxygens (including phenoxy) is 1. The van der Waals surface area contributed by atoms with Gasteiger partial charge in [-0.3, -0.25) is 4.18 Å². The summed E-state index contributed by atoms with van der Waals surface area (Å²) in [6.07, 6.45) is 0.645. The first-order valence-corrected chi connectivity index (χ1v) is 13.1. The van der Waals surface area contributed by atoms with Crippen LogP contribution in [-0.4, -0.2) is 48.0 Å². The lowest BCUT2D eigenvalue weighted by Gasteiger charge is -2.39.